The number of aliphatic hydroxyl groups excluding tert-OH is 1. The molecule has 0 saturated carbocycles. The van der Waals surface area contributed by atoms with Gasteiger partial charge in [-0.1, -0.05) is 12.1 Å². The van der Waals surface area contributed by atoms with Crippen molar-refractivity contribution in [3.63, 3.8) is 0 Å². The van der Waals surface area contributed by atoms with E-state index in [0.29, 0.717) is 24.3 Å². The molecule has 0 radical (unpaired) electrons. The van der Waals surface area contributed by atoms with Crippen LogP contribution >= 0.6 is 0 Å². The summed E-state index contributed by atoms with van der Waals surface area (Å²) < 4.78 is 94.6. The number of rotatable bonds is 2. The zero-order chi connectivity index (χ0) is 15.1. The molecule has 108 valence electrons. The van der Waals surface area contributed by atoms with Crippen molar-refractivity contribution in [3.05, 3.63) is 29.8 Å². The molecule has 0 saturated heterocycles. The standard InChI is InChI=1S/C9H6F6O3S/c10-8(11,12)7(16)5-1-3-6(4-2-5)19(17,18)9(13,14)15/h1-4,7,16H/t7-/m0/s1. The van der Waals surface area contributed by atoms with Crippen molar-refractivity contribution in [2.45, 2.75) is 22.7 Å². The summed E-state index contributed by atoms with van der Waals surface area (Å²) in [4.78, 5) is -1.20. The Morgan fingerprint density at radius 1 is 0.947 bits per heavy atom. The summed E-state index contributed by atoms with van der Waals surface area (Å²) in [6, 6.07) is 1.65. The lowest BCUT2D eigenvalue weighted by Crippen LogP contribution is -2.23. The van der Waals surface area contributed by atoms with Crippen LogP contribution in [0.25, 0.3) is 0 Å². The van der Waals surface area contributed by atoms with E-state index >= 15 is 0 Å². The summed E-state index contributed by atoms with van der Waals surface area (Å²) in [6.07, 6.45) is -7.89. The molecule has 10 heteroatoms. The van der Waals surface area contributed by atoms with E-state index in [1.54, 1.807) is 0 Å². The van der Waals surface area contributed by atoms with E-state index in [-0.39, 0.29) is 0 Å². The minimum atomic E-state index is -5.62. The second-order valence-corrected chi connectivity index (χ2v) is 5.40. The highest BCUT2D eigenvalue weighted by Crippen LogP contribution is 2.34. The first-order valence-electron chi connectivity index (χ1n) is 4.53. The molecule has 19 heavy (non-hydrogen) atoms. The lowest BCUT2D eigenvalue weighted by atomic mass is 10.1. The maximum atomic E-state index is 12.2. The van der Waals surface area contributed by atoms with Gasteiger partial charge in [0.15, 0.2) is 6.10 Å². The van der Waals surface area contributed by atoms with Crippen molar-refractivity contribution in [1.29, 1.82) is 0 Å². The first-order valence-corrected chi connectivity index (χ1v) is 6.02. The lowest BCUT2D eigenvalue weighted by Gasteiger charge is -2.15. The molecule has 0 bridgehead atoms. The van der Waals surface area contributed by atoms with Gasteiger partial charge in [0.25, 0.3) is 9.84 Å². The molecular weight excluding hydrogens is 302 g/mol. The topological polar surface area (TPSA) is 54.4 Å². The van der Waals surface area contributed by atoms with Crippen LogP contribution in [0.15, 0.2) is 29.2 Å². The maximum absolute atomic E-state index is 12.2. The van der Waals surface area contributed by atoms with Crippen LogP contribution in [0.2, 0.25) is 0 Å². The lowest BCUT2D eigenvalue weighted by molar-refractivity contribution is -0.206. The predicted molar refractivity (Wildman–Crippen MR) is 50.7 cm³/mol. The molecule has 1 atom stereocenters. The molecule has 0 aliphatic heterocycles. The van der Waals surface area contributed by atoms with Gasteiger partial charge in [-0.05, 0) is 17.7 Å². The molecule has 0 spiro atoms. The van der Waals surface area contributed by atoms with Gasteiger partial charge in [0.1, 0.15) is 0 Å². The molecule has 1 aromatic rings. The molecule has 0 aliphatic carbocycles. The van der Waals surface area contributed by atoms with Crippen molar-refractivity contribution >= 4 is 9.84 Å². The van der Waals surface area contributed by atoms with E-state index in [4.69, 9.17) is 5.11 Å². The van der Waals surface area contributed by atoms with E-state index in [1.807, 2.05) is 0 Å². The molecule has 0 heterocycles. The van der Waals surface area contributed by atoms with E-state index in [2.05, 4.69) is 0 Å². The minimum Gasteiger partial charge on any atom is -0.379 e. The van der Waals surface area contributed by atoms with Crippen molar-refractivity contribution in [1.82, 2.24) is 0 Å². The quantitative estimate of drug-likeness (QED) is 0.854. The highest BCUT2D eigenvalue weighted by molar-refractivity contribution is 7.92. The normalized spacial score (nSPS) is 15.3. The minimum absolute atomic E-state index is 0.354. The van der Waals surface area contributed by atoms with Crippen LogP contribution in [0.3, 0.4) is 0 Å². The number of hydrogen-bond donors (Lipinski definition) is 1. The number of alkyl halides is 6. The molecule has 3 nitrogen and oxygen atoms in total. The Balaban J connectivity index is 3.15. The van der Waals surface area contributed by atoms with Crippen molar-refractivity contribution in [2.24, 2.45) is 0 Å². The first-order chi connectivity index (χ1) is 8.37. The highest BCUT2D eigenvalue weighted by Gasteiger charge is 2.47. The third kappa shape index (κ3) is 3.18. The Hall–Kier alpha value is -1.29. The number of aliphatic hydroxyl groups is 1. The van der Waals surface area contributed by atoms with Gasteiger partial charge in [0, 0.05) is 0 Å². The summed E-state index contributed by atoms with van der Waals surface area (Å²) in [7, 11) is -5.62. The molecule has 1 rings (SSSR count). The van der Waals surface area contributed by atoms with Gasteiger partial charge in [-0.25, -0.2) is 8.42 Å². The van der Waals surface area contributed by atoms with Gasteiger partial charge in [0.2, 0.25) is 0 Å². The third-order valence-electron chi connectivity index (χ3n) is 2.12. The maximum Gasteiger partial charge on any atom is 0.501 e. The van der Waals surface area contributed by atoms with Gasteiger partial charge >= 0.3 is 11.7 Å². The van der Waals surface area contributed by atoms with Gasteiger partial charge < -0.3 is 5.11 Å². The van der Waals surface area contributed by atoms with Crippen LogP contribution in [0.5, 0.6) is 0 Å². The Morgan fingerprint density at radius 2 is 1.37 bits per heavy atom. The molecule has 0 aliphatic rings. The number of sulfone groups is 1. The molecular formula is C9H6F6O3S. The van der Waals surface area contributed by atoms with E-state index in [9.17, 15) is 34.8 Å². The van der Waals surface area contributed by atoms with Gasteiger partial charge in [-0.3, -0.25) is 0 Å². The van der Waals surface area contributed by atoms with Gasteiger partial charge in [-0.15, -0.1) is 0 Å². The van der Waals surface area contributed by atoms with Crippen LogP contribution in [-0.2, 0) is 9.84 Å². The average molecular weight is 308 g/mol. The zero-order valence-corrected chi connectivity index (χ0v) is 9.64. The van der Waals surface area contributed by atoms with Crippen LogP contribution in [0.1, 0.15) is 11.7 Å². The fourth-order valence-corrected chi connectivity index (χ4v) is 1.91. The van der Waals surface area contributed by atoms with Gasteiger partial charge in [0.05, 0.1) is 4.90 Å². The Bertz CT molecular complexity index is 543. The fraction of sp³-hybridized carbons (Fsp3) is 0.333. The fourth-order valence-electron chi connectivity index (χ4n) is 1.15. The Labute approximate surface area is 103 Å². The first kappa shape index (κ1) is 15.8. The van der Waals surface area contributed by atoms with Crippen LogP contribution in [-0.4, -0.2) is 25.2 Å². The largest absolute Gasteiger partial charge is 0.501 e. The second kappa shape index (κ2) is 4.67. The van der Waals surface area contributed by atoms with Crippen LogP contribution < -0.4 is 0 Å². The van der Waals surface area contributed by atoms with Crippen molar-refractivity contribution in [3.8, 4) is 0 Å². The average Bonchev–Trinajstić information content (AvgIpc) is 2.25. The smallest absolute Gasteiger partial charge is 0.379 e. The summed E-state index contributed by atoms with van der Waals surface area (Å²) in [5.41, 5.74) is -6.30. The molecule has 0 fully saturated rings. The monoisotopic (exact) mass is 308 g/mol. The molecule has 0 amide bonds. The van der Waals surface area contributed by atoms with Gasteiger partial charge in [-0.2, -0.15) is 26.3 Å². The number of hydrogen-bond acceptors (Lipinski definition) is 3. The number of halogens is 6. The van der Waals surface area contributed by atoms with E-state index < -0.39 is 38.1 Å². The number of benzene rings is 1. The van der Waals surface area contributed by atoms with Crippen molar-refractivity contribution < 1.29 is 39.9 Å². The molecule has 0 unspecified atom stereocenters. The van der Waals surface area contributed by atoms with Crippen molar-refractivity contribution in [2.75, 3.05) is 0 Å². The second-order valence-electron chi connectivity index (χ2n) is 3.46. The molecule has 1 N–H and O–H groups in total. The summed E-state index contributed by atoms with van der Waals surface area (Å²) >= 11 is 0. The highest BCUT2D eigenvalue weighted by atomic mass is 32.2. The van der Waals surface area contributed by atoms with E-state index in [1.165, 1.54) is 0 Å². The summed E-state index contributed by atoms with van der Waals surface area (Å²) in [5, 5.41) is 8.81. The summed E-state index contributed by atoms with van der Waals surface area (Å²) in [6.45, 7) is 0. The predicted octanol–water partition coefficient (Wildman–Crippen LogP) is 2.58. The Kier molecular flexibility index (Phi) is 3.88. The SMILES string of the molecule is O=S(=O)(c1ccc([C@H](O)C(F)(F)F)cc1)C(F)(F)F. The zero-order valence-electron chi connectivity index (χ0n) is 8.83. The molecule has 1 aromatic carbocycles. The molecule has 0 aromatic heterocycles. The van der Waals surface area contributed by atoms with Crippen LogP contribution in [0, 0.1) is 0 Å². The summed E-state index contributed by atoms with van der Waals surface area (Å²) in [5.74, 6) is 0. The third-order valence-corrected chi connectivity index (χ3v) is 3.62. The Morgan fingerprint density at radius 3 is 1.68 bits per heavy atom. The van der Waals surface area contributed by atoms with Crippen LogP contribution in [0.4, 0.5) is 26.3 Å². The van der Waals surface area contributed by atoms with E-state index in [0.717, 1.165) is 0 Å².